The number of hydrogen-bond donors (Lipinski definition) is 1. The van der Waals surface area contributed by atoms with Crippen molar-refractivity contribution in [2.75, 3.05) is 20.2 Å². The van der Waals surface area contributed by atoms with Gasteiger partial charge >= 0.3 is 12.0 Å². The Balaban J connectivity index is 1.74. The van der Waals surface area contributed by atoms with Gasteiger partial charge in [0, 0.05) is 37.3 Å². The van der Waals surface area contributed by atoms with Crippen molar-refractivity contribution >= 4 is 12.0 Å². The molecule has 7 nitrogen and oxygen atoms in total. The summed E-state index contributed by atoms with van der Waals surface area (Å²) in [5.41, 5.74) is 1.02. The SMILES string of the molecule is COC(=O)[C@H](C)NC(=O)N1C[C@@H]2C[C@@H](C1)c1cccc(=O)n1C2. The van der Waals surface area contributed by atoms with Crippen LogP contribution in [0.3, 0.4) is 0 Å². The molecule has 3 rings (SSSR count). The molecule has 1 saturated heterocycles. The molecule has 124 valence electrons. The van der Waals surface area contributed by atoms with Crippen molar-refractivity contribution in [3.05, 3.63) is 34.2 Å². The molecule has 0 unspecified atom stereocenters. The smallest absolute Gasteiger partial charge is 0.328 e. The topological polar surface area (TPSA) is 80.6 Å². The van der Waals surface area contributed by atoms with Crippen LogP contribution in [0.2, 0.25) is 0 Å². The van der Waals surface area contributed by atoms with Crippen molar-refractivity contribution in [3.8, 4) is 0 Å². The Hall–Kier alpha value is -2.31. The Bertz CT molecular complexity index is 684. The third kappa shape index (κ3) is 2.95. The quantitative estimate of drug-likeness (QED) is 0.807. The van der Waals surface area contributed by atoms with Crippen LogP contribution in [-0.2, 0) is 16.1 Å². The van der Waals surface area contributed by atoms with Gasteiger partial charge in [0.2, 0.25) is 0 Å². The molecule has 7 heteroatoms. The van der Waals surface area contributed by atoms with Crippen molar-refractivity contribution in [1.82, 2.24) is 14.8 Å². The molecular weight excluding hydrogens is 298 g/mol. The van der Waals surface area contributed by atoms with Crippen LogP contribution in [-0.4, -0.2) is 47.7 Å². The van der Waals surface area contributed by atoms with Crippen molar-refractivity contribution in [3.63, 3.8) is 0 Å². The van der Waals surface area contributed by atoms with Gasteiger partial charge in [-0.3, -0.25) is 4.79 Å². The zero-order chi connectivity index (χ0) is 16.6. The summed E-state index contributed by atoms with van der Waals surface area (Å²) in [6.07, 6.45) is 0.986. The van der Waals surface area contributed by atoms with Crippen LogP contribution in [0.15, 0.2) is 23.0 Å². The molecule has 1 fully saturated rings. The monoisotopic (exact) mass is 319 g/mol. The van der Waals surface area contributed by atoms with Gasteiger partial charge in [-0.25, -0.2) is 9.59 Å². The molecule has 2 aliphatic heterocycles. The highest BCUT2D eigenvalue weighted by atomic mass is 16.5. The molecule has 2 amide bonds. The van der Waals surface area contributed by atoms with Crippen LogP contribution in [0, 0.1) is 5.92 Å². The van der Waals surface area contributed by atoms with Gasteiger partial charge in [-0.1, -0.05) is 6.07 Å². The van der Waals surface area contributed by atoms with Gasteiger partial charge in [0.1, 0.15) is 6.04 Å². The zero-order valence-electron chi connectivity index (χ0n) is 13.3. The third-order valence-electron chi connectivity index (χ3n) is 4.66. The number of piperidine rings is 1. The van der Waals surface area contributed by atoms with Crippen LogP contribution < -0.4 is 10.9 Å². The van der Waals surface area contributed by atoms with Gasteiger partial charge in [0.25, 0.3) is 5.56 Å². The van der Waals surface area contributed by atoms with E-state index in [1.54, 1.807) is 24.0 Å². The predicted molar refractivity (Wildman–Crippen MR) is 83.1 cm³/mol. The molecule has 0 aromatic carbocycles. The number of urea groups is 1. The first-order valence-electron chi connectivity index (χ1n) is 7.82. The summed E-state index contributed by atoms with van der Waals surface area (Å²) >= 11 is 0. The lowest BCUT2D eigenvalue weighted by atomic mass is 9.83. The fourth-order valence-electron chi connectivity index (χ4n) is 3.57. The lowest BCUT2D eigenvalue weighted by Crippen LogP contribution is -2.54. The minimum absolute atomic E-state index is 0.0226. The molecule has 1 aromatic rings. The van der Waals surface area contributed by atoms with Gasteiger partial charge in [0.05, 0.1) is 7.11 Å². The number of fused-ring (bicyclic) bond motifs is 4. The van der Waals surface area contributed by atoms with Crippen molar-refractivity contribution in [2.24, 2.45) is 5.92 Å². The highest BCUT2D eigenvalue weighted by molar-refractivity contribution is 5.83. The first-order valence-corrected chi connectivity index (χ1v) is 7.82. The summed E-state index contributed by atoms with van der Waals surface area (Å²) < 4.78 is 6.45. The predicted octanol–water partition coefficient (Wildman–Crippen LogP) is 0.538. The second-order valence-electron chi connectivity index (χ2n) is 6.30. The molecular formula is C16H21N3O4. The minimum Gasteiger partial charge on any atom is -0.467 e. The Morgan fingerprint density at radius 3 is 2.83 bits per heavy atom. The van der Waals surface area contributed by atoms with E-state index in [9.17, 15) is 14.4 Å². The number of hydrogen-bond acceptors (Lipinski definition) is 4. The van der Waals surface area contributed by atoms with E-state index in [2.05, 4.69) is 10.1 Å². The third-order valence-corrected chi connectivity index (χ3v) is 4.66. The van der Waals surface area contributed by atoms with E-state index in [0.717, 1.165) is 12.1 Å². The number of nitrogens with one attached hydrogen (secondary N) is 1. The maximum atomic E-state index is 12.4. The van der Waals surface area contributed by atoms with Crippen LogP contribution in [0.1, 0.15) is 25.0 Å². The van der Waals surface area contributed by atoms with Crippen molar-refractivity contribution in [1.29, 1.82) is 0 Å². The van der Waals surface area contributed by atoms with Gasteiger partial charge in [-0.15, -0.1) is 0 Å². The first kappa shape index (κ1) is 15.6. The number of ether oxygens (including phenoxy) is 1. The highest BCUT2D eigenvalue weighted by Crippen LogP contribution is 2.34. The Morgan fingerprint density at radius 1 is 1.30 bits per heavy atom. The molecule has 0 spiro atoms. The second kappa shape index (κ2) is 6.06. The van der Waals surface area contributed by atoms with Crippen LogP contribution >= 0.6 is 0 Å². The molecule has 0 saturated carbocycles. The molecule has 2 bridgehead atoms. The zero-order valence-corrected chi connectivity index (χ0v) is 13.3. The normalized spacial score (nSPS) is 23.7. The second-order valence-corrected chi connectivity index (χ2v) is 6.30. The molecule has 3 atom stereocenters. The summed E-state index contributed by atoms with van der Waals surface area (Å²) in [6, 6.07) is 4.37. The number of pyridine rings is 1. The average Bonchev–Trinajstić information content (AvgIpc) is 2.54. The molecule has 3 heterocycles. The molecule has 1 N–H and O–H groups in total. The number of aromatic nitrogens is 1. The van der Waals surface area contributed by atoms with E-state index in [-0.39, 0.29) is 23.4 Å². The molecule has 0 aliphatic carbocycles. The van der Waals surface area contributed by atoms with Crippen LogP contribution in [0.25, 0.3) is 0 Å². The standard InChI is InChI=1S/C16H21N3O4/c1-10(15(21)23-2)17-16(22)18-7-11-6-12(9-18)13-4-3-5-14(20)19(13)8-11/h3-5,10-12H,6-9H2,1-2H3,(H,17,22)/t10-,11-,12-/m0/s1. The number of esters is 1. The highest BCUT2D eigenvalue weighted by Gasteiger charge is 2.36. The minimum atomic E-state index is -0.677. The lowest BCUT2D eigenvalue weighted by Gasteiger charge is -2.42. The van der Waals surface area contributed by atoms with Gasteiger partial charge in [-0.05, 0) is 25.3 Å². The van der Waals surface area contributed by atoms with Crippen LogP contribution in [0.5, 0.6) is 0 Å². The number of nitrogens with zero attached hydrogens (tertiary/aromatic N) is 2. The number of carbonyl (C=O) groups excluding carboxylic acids is 2. The Morgan fingerprint density at radius 2 is 2.09 bits per heavy atom. The first-order chi connectivity index (χ1) is 11.0. The van der Waals surface area contributed by atoms with Crippen LogP contribution in [0.4, 0.5) is 4.79 Å². The van der Waals surface area contributed by atoms with Gasteiger partial charge in [-0.2, -0.15) is 0 Å². The largest absolute Gasteiger partial charge is 0.467 e. The van der Waals surface area contributed by atoms with E-state index in [1.807, 2.05) is 10.6 Å². The molecule has 23 heavy (non-hydrogen) atoms. The molecule has 0 radical (unpaired) electrons. The fourth-order valence-corrected chi connectivity index (χ4v) is 3.57. The number of carbonyl (C=O) groups is 2. The Kier molecular flexibility index (Phi) is 4.11. The summed E-state index contributed by atoms with van der Waals surface area (Å²) in [7, 11) is 1.30. The number of methoxy groups -OCH3 is 1. The summed E-state index contributed by atoms with van der Waals surface area (Å²) in [6.45, 7) is 3.39. The van der Waals surface area contributed by atoms with E-state index in [0.29, 0.717) is 19.6 Å². The van der Waals surface area contributed by atoms with E-state index >= 15 is 0 Å². The van der Waals surface area contributed by atoms with Crippen molar-refractivity contribution in [2.45, 2.75) is 31.8 Å². The van der Waals surface area contributed by atoms with Crippen molar-refractivity contribution < 1.29 is 14.3 Å². The maximum absolute atomic E-state index is 12.4. The summed E-state index contributed by atoms with van der Waals surface area (Å²) in [5, 5.41) is 2.67. The number of amides is 2. The van der Waals surface area contributed by atoms with Gasteiger partial charge in [0.15, 0.2) is 0 Å². The lowest BCUT2D eigenvalue weighted by molar-refractivity contribution is -0.142. The van der Waals surface area contributed by atoms with E-state index < -0.39 is 12.0 Å². The Labute approximate surface area is 134 Å². The number of likely N-dealkylation sites (tertiary alicyclic amines) is 1. The molecule has 1 aromatic heterocycles. The summed E-state index contributed by atoms with van der Waals surface area (Å²) in [4.78, 5) is 37.5. The fraction of sp³-hybridized carbons (Fsp3) is 0.562. The van der Waals surface area contributed by atoms with E-state index in [1.165, 1.54) is 7.11 Å². The maximum Gasteiger partial charge on any atom is 0.328 e. The average molecular weight is 319 g/mol. The number of rotatable bonds is 2. The van der Waals surface area contributed by atoms with Gasteiger partial charge < -0.3 is 19.5 Å². The van der Waals surface area contributed by atoms with E-state index in [4.69, 9.17) is 0 Å². The summed E-state index contributed by atoms with van der Waals surface area (Å²) in [5.74, 6) is -0.0384. The molecule has 2 aliphatic rings.